The summed E-state index contributed by atoms with van der Waals surface area (Å²) < 4.78 is 21.3. The summed E-state index contributed by atoms with van der Waals surface area (Å²) in [5, 5.41) is 8.12. The highest BCUT2D eigenvalue weighted by Gasteiger charge is 2.42. The van der Waals surface area contributed by atoms with E-state index >= 15 is 0 Å². The second-order valence-corrected chi connectivity index (χ2v) is 17.9. The summed E-state index contributed by atoms with van der Waals surface area (Å²) in [6, 6.07) is 6.93. The van der Waals surface area contributed by atoms with E-state index in [0.717, 1.165) is 82.4 Å². The normalized spacial score (nSPS) is 24.5. The Kier molecular flexibility index (Phi) is 11.3. The van der Waals surface area contributed by atoms with Gasteiger partial charge in [0.1, 0.15) is 24.3 Å². The molecule has 1 aromatic carbocycles. The predicted molar refractivity (Wildman–Crippen MR) is 224 cm³/mol. The van der Waals surface area contributed by atoms with Gasteiger partial charge in [-0.2, -0.15) is 0 Å². The molecule has 8 rings (SSSR count). The molecule has 310 valence electrons. The molecule has 0 spiro atoms. The molecular formula is C43H56N8O6S. The smallest absolute Gasteiger partial charge is 0.325 e. The second-order valence-electron chi connectivity index (χ2n) is 16.9. The van der Waals surface area contributed by atoms with Crippen molar-refractivity contribution in [2.45, 2.75) is 90.6 Å². The number of thiazole rings is 1. The van der Waals surface area contributed by atoms with Crippen molar-refractivity contribution in [3.63, 3.8) is 0 Å². The van der Waals surface area contributed by atoms with Crippen molar-refractivity contribution in [1.82, 2.24) is 35.2 Å². The van der Waals surface area contributed by atoms with E-state index < -0.39 is 23.7 Å². The number of benzene rings is 1. The number of carbonyl (C=O) groups is 3. The number of fused-ring (bicyclic) bond motifs is 6. The topological polar surface area (TPSA) is 143 Å². The zero-order valence-electron chi connectivity index (χ0n) is 34.7. The average Bonchev–Trinajstić information content (AvgIpc) is 3.65. The van der Waals surface area contributed by atoms with Crippen LogP contribution in [0.2, 0.25) is 0 Å². The second kappa shape index (κ2) is 16.2. The fourth-order valence-corrected chi connectivity index (χ4v) is 9.19. The predicted octanol–water partition coefficient (Wildman–Crippen LogP) is 5.20. The molecule has 2 saturated heterocycles. The Morgan fingerprint density at radius 2 is 1.93 bits per heavy atom. The van der Waals surface area contributed by atoms with Crippen LogP contribution in [-0.4, -0.2) is 113 Å². The van der Waals surface area contributed by atoms with Crippen LogP contribution in [0.5, 0.6) is 5.75 Å². The third kappa shape index (κ3) is 8.05. The number of nitrogens with zero attached hydrogens (tertiary/aromatic N) is 6. The van der Waals surface area contributed by atoms with Crippen LogP contribution in [0.25, 0.3) is 33.4 Å². The number of likely N-dealkylation sites (N-methyl/N-ethyl adjacent to an activating group) is 1. The van der Waals surface area contributed by atoms with E-state index in [9.17, 15) is 14.4 Å². The molecule has 4 aromatic rings. The highest BCUT2D eigenvalue weighted by atomic mass is 32.1. The summed E-state index contributed by atoms with van der Waals surface area (Å²) >= 11 is 1.46. The average molecular weight is 813 g/mol. The van der Waals surface area contributed by atoms with E-state index in [2.05, 4.69) is 63.3 Å². The fourth-order valence-electron chi connectivity index (χ4n) is 8.34. The van der Waals surface area contributed by atoms with Gasteiger partial charge in [-0.05, 0) is 78.1 Å². The van der Waals surface area contributed by atoms with Gasteiger partial charge in [0.2, 0.25) is 5.91 Å². The van der Waals surface area contributed by atoms with Crippen LogP contribution in [0.1, 0.15) is 70.7 Å². The van der Waals surface area contributed by atoms with Gasteiger partial charge in [-0.25, -0.2) is 10.4 Å². The van der Waals surface area contributed by atoms with E-state index in [4.69, 9.17) is 24.2 Å². The van der Waals surface area contributed by atoms with E-state index in [0.29, 0.717) is 31.7 Å². The number of rotatable bonds is 7. The van der Waals surface area contributed by atoms with E-state index in [1.165, 1.54) is 16.3 Å². The number of anilines is 1. The maximum atomic E-state index is 14.1. The number of amides is 2. The molecule has 2 amide bonds. The van der Waals surface area contributed by atoms with Crippen molar-refractivity contribution in [2.24, 2.45) is 11.8 Å². The van der Waals surface area contributed by atoms with Gasteiger partial charge < -0.3 is 33.9 Å². The van der Waals surface area contributed by atoms with E-state index in [1.54, 1.807) is 7.11 Å². The minimum atomic E-state index is -0.971. The first kappa shape index (κ1) is 40.2. The first-order valence-electron chi connectivity index (χ1n) is 20.6. The number of cyclic esters (lactones) is 1. The molecule has 14 nitrogen and oxygen atoms in total. The van der Waals surface area contributed by atoms with Crippen LogP contribution >= 0.6 is 11.3 Å². The van der Waals surface area contributed by atoms with Crippen LogP contribution in [0.4, 0.5) is 5.69 Å². The molecule has 1 saturated carbocycles. The standard InChI is InChI=1S/C43H56N8O6S/c1-8-50-35-12-11-27-19-30(35)39(38(50)31-20-28(22-44-37(31)26(3)55-7)49-16-14-48(6)15-17-49)57-43(4,5)24-56-42(54)32-10-9-13-51(47-32)41(53)33(21-36-45-34(27)23-58-36)46-40(52)29-18-25(29)2/h11-12,19-20,22-23,25-26,29,32-33,47H,8-10,13-18,21,24H2,1-7H3,(H,46,52)/t25-,26-,29-,32-,33-/m0/s1. The molecule has 3 aromatic heterocycles. The summed E-state index contributed by atoms with van der Waals surface area (Å²) in [6.07, 6.45) is 3.78. The number of hydrogen-bond acceptors (Lipinski definition) is 12. The maximum absolute atomic E-state index is 14.1. The van der Waals surface area contributed by atoms with Crippen molar-refractivity contribution in [3.05, 3.63) is 46.5 Å². The lowest BCUT2D eigenvalue weighted by atomic mass is 10.0. The zero-order valence-corrected chi connectivity index (χ0v) is 35.5. The van der Waals surface area contributed by atoms with Gasteiger partial charge in [-0.3, -0.25) is 24.4 Å². The van der Waals surface area contributed by atoms with Gasteiger partial charge in [0, 0.05) is 80.6 Å². The first-order valence-corrected chi connectivity index (χ1v) is 21.5. The third-order valence-electron chi connectivity index (χ3n) is 12.1. The summed E-state index contributed by atoms with van der Waals surface area (Å²) in [5.74, 6) is -0.0458. The van der Waals surface area contributed by atoms with Crippen molar-refractivity contribution in [1.29, 1.82) is 0 Å². The molecule has 15 heteroatoms. The minimum Gasteiger partial charge on any atom is -0.481 e. The number of aryl methyl sites for hydroxylation is 1. The number of carbonyl (C=O) groups excluding carboxylic acids is 3. The van der Waals surface area contributed by atoms with Gasteiger partial charge in [0.15, 0.2) is 5.75 Å². The molecule has 58 heavy (non-hydrogen) atoms. The van der Waals surface area contributed by atoms with Crippen molar-refractivity contribution < 1.29 is 28.6 Å². The quantitative estimate of drug-likeness (QED) is 0.238. The number of methoxy groups -OCH3 is 1. The number of esters is 1. The molecule has 4 aliphatic rings. The van der Waals surface area contributed by atoms with Crippen molar-refractivity contribution >= 4 is 45.7 Å². The first-order chi connectivity index (χ1) is 27.8. The van der Waals surface area contributed by atoms with E-state index in [-0.39, 0.29) is 42.8 Å². The maximum Gasteiger partial charge on any atom is 0.325 e. The molecule has 6 heterocycles. The summed E-state index contributed by atoms with van der Waals surface area (Å²) in [4.78, 5) is 55.9. The molecular weight excluding hydrogens is 757 g/mol. The Labute approximate surface area is 344 Å². The Hall–Kier alpha value is -4.57. The zero-order chi connectivity index (χ0) is 40.9. The lowest BCUT2D eigenvalue weighted by Gasteiger charge is -2.35. The van der Waals surface area contributed by atoms with Crippen molar-refractivity contribution in [3.8, 4) is 28.3 Å². The monoisotopic (exact) mass is 812 g/mol. The number of aromatic nitrogens is 3. The summed E-state index contributed by atoms with van der Waals surface area (Å²) in [7, 11) is 3.85. The van der Waals surface area contributed by atoms with Crippen LogP contribution < -0.4 is 20.4 Å². The number of nitrogens with one attached hydrogen (secondary N) is 2. The SMILES string of the molecule is CCn1c(-c2cc(N3CCN(C)CC3)cnc2[C@H](C)OC)c2c3cc(ccc31)-c1csc(n1)C[C@H](NC(=O)[C@H]1C[C@@H]1C)C(=O)N1CCC[C@H](N1)C(=O)OCC(C)(C)O2. The Bertz CT molecular complexity index is 2190. The largest absolute Gasteiger partial charge is 0.481 e. The number of pyridine rings is 1. The lowest BCUT2D eigenvalue weighted by Crippen LogP contribution is -2.60. The van der Waals surface area contributed by atoms with Crippen LogP contribution in [0, 0.1) is 11.8 Å². The Morgan fingerprint density at radius 1 is 1.16 bits per heavy atom. The molecule has 2 N–H and O–H groups in total. The number of hydrazine groups is 1. The summed E-state index contributed by atoms with van der Waals surface area (Å²) in [5.41, 5.74) is 8.41. The van der Waals surface area contributed by atoms with Gasteiger partial charge in [-0.1, -0.05) is 13.0 Å². The lowest BCUT2D eigenvalue weighted by molar-refractivity contribution is -0.157. The molecule has 0 radical (unpaired) electrons. The highest BCUT2D eigenvalue weighted by Crippen LogP contribution is 2.46. The van der Waals surface area contributed by atoms with Crippen LogP contribution in [0.3, 0.4) is 0 Å². The van der Waals surface area contributed by atoms with Gasteiger partial charge in [0.05, 0.1) is 45.6 Å². The van der Waals surface area contributed by atoms with Gasteiger partial charge >= 0.3 is 5.97 Å². The third-order valence-corrected chi connectivity index (χ3v) is 12.9. The fraction of sp³-hybridized carbons (Fsp3) is 0.558. The molecule has 5 atom stereocenters. The van der Waals surface area contributed by atoms with Crippen molar-refractivity contribution in [2.75, 3.05) is 58.4 Å². The Balaban J connectivity index is 1.26. The molecule has 6 bridgehead atoms. The molecule has 3 fully saturated rings. The number of hydrogen-bond donors (Lipinski definition) is 2. The highest BCUT2D eigenvalue weighted by molar-refractivity contribution is 7.10. The molecule has 3 aliphatic heterocycles. The van der Waals surface area contributed by atoms with Crippen LogP contribution in [0.15, 0.2) is 35.8 Å². The van der Waals surface area contributed by atoms with Gasteiger partial charge in [-0.15, -0.1) is 11.3 Å². The Morgan fingerprint density at radius 3 is 2.66 bits per heavy atom. The summed E-state index contributed by atoms with van der Waals surface area (Å²) in [6.45, 7) is 14.7. The minimum absolute atomic E-state index is 0.0372. The number of piperazine rings is 1. The molecule has 1 aliphatic carbocycles. The van der Waals surface area contributed by atoms with Gasteiger partial charge in [0.25, 0.3) is 5.91 Å². The van der Waals surface area contributed by atoms with E-state index in [1.807, 2.05) is 39.3 Å². The molecule has 0 unspecified atom stereocenters. The number of ether oxygens (including phenoxy) is 3. The van der Waals surface area contributed by atoms with Crippen LogP contribution in [-0.2, 0) is 36.8 Å².